The highest BCUT2D eigenvalue weighted by Crippen LogP contribution is 2.39. The van der Waals surface area contributed by atoms with E-state index in [4.69, 9.17) is 4.52 Å². The first kappa shape index (κ1) is 37.9. The van der Waals surface area contributed by atoms with E-state index in [0.29, 0.717) is 58.7 Å². The molecule has 3 aromatic heterocycles. The Morgan fingerprint density at radius 2 is 1.79 bits per heavy atom. The van der Waals surface area contributed by atoms with E-state index in [1.54, 1.807) is 26.0 Å². The van der Waals surface area contributed by atoms with Crippen molar-refractivity contribution < 1.29 is 23.3 Å². The molecular weight excluding hydrogens is 726 g/mol. The van der Waals surface area contributed by atoms with Crippen LogP contribution in [0.4, 0.5) is 10.1 Å². The summed E-state index contributed by atoms with van der Waals surface area (Å²) in [6.07, 6.45) is 4.49. The molecule has 5 N–H and O–H groups in total. The number of carbonyl (C=O) groups is 3. The van der Waals surface area contributed by atoms with Gasteiger partial charge in [0.05, 0.1) is 23.0 Å². The van der Waals surface area contributed by atoms with Crippen molar-refractivity contribution in [2.45, 2.75) is 89.6 Å². The van der Waals surface area contributed by atoms with Gasteiger partial charge in [0.15, 0.2) is 0 Å². The van der Waals surface area contributed by atoms with Gasteiger partial charge in [-0.2, -0.15) is 4.98 Å². The zero-order valence-corrected chi connectivity index (χ0v) is 32.6. The van der Waals surface area contributed by atoms with Crippen LogP contribution in [-0.2, 0) is 15.0 Å². The SMILES string of the molecule is Cc1c([C@@H](C)NC(=O)c2noc(C(C)(C)C)n2)ccc(-c2ncnc3[nH]c4cc(NCCNC5CC(c6ccc([C@@H]7CCC(=O)NC7=O)cc6)C5)ccc4c23)c1F. The molecule has 0 bridgehead atoms. The molecule has 1 saturated carbocycles. The topological polar surface area (TPSA) is 180 Å². The Morgan fingerprint density at radius 1 is 1.02 bits per heavy atom. The summed E-state index contributed by atoms with van der Waals surface area (Å²) in [5.41, 5.74) is 6.09. The number of aromatic amines is 1. The third kappa shape index (κ3) is 7.61. The molecule has 14 heteroatoms. The largest absolute Gasteiger partial charge is 0.384 e. The molecule has 8 rings (SSSR count). The summed E-state index contributed by atoms with van der Waals surface area (Å²) in [4.78, 5) is 53.3. The highest BCUT2D eigenvalue weighted by atomic mass is 19.1. The van der Waals surface area contributed by atoms with Gasteiger partial charge < -0.3 is 25.5 Å². The summed E-state index contributed by atoms with van der Waals surface area (Å²) in [6.45, 7) is 10.8. The number of aromatic nitrogens is 5. The fraction of sp³-hybridized carbons (Fsp3) is 0.372. The summed E-state index contributed by atoms with van der Waals surface area (Å²) in [5, 5.41) is 17.9. The first-order chi connectivity index (χ1) is 27.3. The predicted molar refractivity (Wildman–Crippen MR) is 214 cm³/mol. The number of amides is 3. The summed E-state index contributed by atoms with van der Waals surface area (Å²) >= 11 is 0. The first-order valence-electron chi connectivity index (χ1n) is 19.5. The number of benzene rings is 3. The number of nitrogens with zero attached hydrogens (tertiary/aromatic N) is 4. The molecule has 1 aliphatic carbocycles. The van der Waals surface area contributed by atoms with E-state index < -0.39 is 23.2 Å². The fourth-order valence-corrected chi connectivity index (χ4v) is 7.91. The van der Waals surface area contributed by atoms with Crippen molar-refractivity contribution in [2.75, 3.05) is 18.4 Å². The molecule has 1 aliphatic heterocycles. The van der Waals surface area contributed by atoms with Crippen molar-refractivity contribution in [3.63, 3.8) is 0 Å². The molecule has 6 aromatic rings. The van der Waals surface area contributed by atoms with Crippen LogP contribution in [-0.4, -0.2) is 61.9 Å². The van der Waals surface area contributed by atoms with Crippen molar-refractivity contribution in [1.29, 1.82) is 0 Å². The minimum atomic E-state index is -0.527. The second kappa shape index (κ2) is 15.1. The van der Waals surface area contributed by atoms with Gasteiger partial charge in [0.1, 0.15) is 17.8 Å². The van der Waals surface area contributed by atoms with E-state index in [1.165, 1.54) is 11.9 Å². The lowest BCUT2D eigenvalue weighted by Crippen LogP contribution is -2.42. The van der Waals surface area contributed by atoms with Crippen LogP contribution >= 0.6 is 0 Å². The Balaban J connectivity index is 0.874. The molecule has 2 atom stereocenters. The number of piperidine rings is 1. The second-order valence-corrected chi connectivity index (χ2v) is 16.3. The summed E-state index contributed by atoms with van der Waals surface area (Å²) in [7, 11) is 0. The van der Waals surface area contributed by atoms with Crippen LogP contribution in [0, 0.1) is 12.7 Å². The van der Waals surface area contributed by atoms with E-state index in [0.717, 1.165) is 53.5 Å². The highest BCUT2D eigenvalue weighted by Gasteiger charge is 2.32. The number of hydrogen-bond acceptors (Lipinski definition) is 10. The predicted octanol–water partition coefficient (Wildman–Crippen LogP) is 6.87. The van der Waals surface area contributed by atoms with Gasteiger partial charge in [-0.3, -0.25) is 19.7 Å². The quantitative estimate of drug-likeness (QED) is 0.0690. The lowest BCUT2D eigenvalue weighted by atomic mass is 9.75. The van der Waals surface area contributed by atoms with Gasteiger partial charge in [-0.15, -0.1) is 0 Å². The number of hydrogen-bond donors (Lipinski definition) is 5. The maximum absolute atomic E-state index is 16.2. The monoisotopic (exact) mass is 771 g/mol. The average molecular weight is 772 g/mol. The van der Waals surface area contributed by atoms with Crippen LogP contribution in [0.3, 0.4) is 0 Å². The van der Waals surface area contributed by atoms with Crippen LogP contribution in [0.2, 0.25) is 0 Å². The molecule has 294 valence electrons. The molecule has 3 aromatic carbocycles. The van der Waals surface area contributed by atoms with Crippen molar-refractivity contribution in [2.24, 2.45) is 0 Å². The van der Waals surface area contributed by atoms with E-state index in [9.17, 15) is 14.4 Å². The number of H-pyrrole nitrogens is 1. The van der Waals surface area contributed by atoms with Crippen molar-refractivity contribution in [1.82, 2.24) is 41.0 Å². The molecule has 13 nitrogen and oxygen atoms in total. The minimum absolute atomic E-state index is 0.0724. The van der Waals surface area contributed by atoms with Crippen LogP contribution in [0.25, 0.3) is 33.2 Å². The first-order valence-corrected chi connectivity index (χ1v) is 19.5. The molecular formula is C43H46FN9O4. The third-order valence-corrected chi connectivity index (χ3v) is 11.2. The maximum atomic E-state index is 16.2. The average Bonchev–Trinajstić information content (AvgIpc) is 3.82. The fourth-order valence-electron chi connectivity index (χ4n) is 7.91. The lowest BCUT2D eigenvalue weighted by molar-refractivity contribution is -0.134. The zero-order valence-electron chi connectivity index (χ0n) is 32.6. The van der Waals surface area contributed by atoms with Crippen LogP contribution in [0.5, 0.6) is 0 Å². The number of anilines is 1. The Morgan fingerprint density at radius 3 is 2.53 bits per heavy atom. The van der Waals surface area contributed by atoms with E-state index in [-0.39, 0.29) is 23.6 Å². The third-order valence-electron chi connectivity index (χ3n) is 11.2. The highest BCUT2D eigenvalue weighted by molar-refractivity contribution is 6.12. The van der Waals surface area contributed by atoms with Crippen LogP contribution in [0.15, 0.2) is 65.4 Å². The molecule has 1 saturated heterocycles. The maximum Gasteiger partial charge on any atom is 0.293 e. The smallest absolute Gasteiger partial charge is 0.293 e. The number of fused-ring (bicyclic) bond motifs is 3. The summed E-state index contributed by atoms with van der Waals surface area (Å²) in [5.74, 6) is -0.817. The van der Waals surface area contributed by atoms with E-state index in [2.05, 4.69) is 58.5 Å². The van der Waals surface area contributed by atoms with Crippen molar-refractivity contribution in [3.8, 4) is 11.3 Å². The molecule has 0 spiro atoms. The van der Waals surface area contributed by atoms with Gasteiger partial charge in [-0.25, -0.2) is 14.4 Å². The number of rotatable bonds is 11. The van der Waals surface area contributed by atoms with Crippen LogP contribution < -0.4 is 21.3 Å². The Kier molecular flexibility index (Phi) is 10.1. The van der Waals surface area contributed by atoms with E-state index in [1.807, 2.05) is 51.1 Å². The summed E-state index contributed by atoms with van der Waals surface area (Å²) in [6, 6.07) is 17.8. The van der Waals surface area contributed by atoms with E-state index >= 15 is 4.39 Å². The Hall–Kier alpha value is -6.02. The molecule has 2 aliphatic rings. The molecule has 4 heterocycles. The van der Waals surface area contributed by atoms with Gasteiger partial charge in [0, 0.05) is 53.1 Å². The molecule has 2 fully saturated rings. The normalized spacial score (nSPS) is 19.0. The molecule has 57 heavy (non-hydrogen) atoms. The van der Waals surface area contributed by atoms with Gasteiger partial charge in [0.2, 0.25) is 17.7 Å². The van der Waals surface area contributed by atoms with Gasteiger partial charge >= 0.3 is 0 Å². The summed E-state index contributed by atoms with van der Waals surface area (Å²) < 4.78 is 21.5. The van der Waals surface area contributed by atoms with Gasteiger partial charge in [0.25, 0.3) is 11.7 Å². The van der Waals surface area contributed by atoms with Crippen LogP contribution in [0.1, 0.15) is 110 Å². The number of halogens is 1. The Labute approximate surface area is 329 Å². The van der Waals surface area contributed by atoms with Crippen molar-refractivity contribution in [3.05, 3.63) is 101 Å². The number of nitrogens with one attached hydrogen (secondary N) is 5. The standard InChI is InChI=1S/C43H46FN9O4/c1-22-29(23(2)49-41(56)39-52-42(57-53-39)43(3,4)5)12-13-32(36(22)44)37-35-31-11-10-27(20-33(31)50-38(35)48-21-47-37)45-16-17-46-28-18-26(19-28)24-6-8-25(9-7-24)30-14-15-34(54)51-40(30)55/h6-13,20-21,23,26,28,30,45-46H,14-19H2,1-5H3,(H,49,56)(H,47,48,50)(H,51,54,55)/t23-,26?,28?,30+/m1/s1. The minimum Gasteiger partial charge on any atom is -0.384 e. The Bertz CT molecular complexity index is 2500. The zero-order chi connectivity index (χ0) is 40.0. The number of carbonyl (C=O) groups excluding carboxylic acids is 3. The molecule has 0 unspecified atom stereocenters. The molecule has 0 radical (unpaired) electrons. The van der Waals surface area contributed by atoms with Crippen molar-refractivity contribution >= 4 is 45.3 Å². The van der Waals surface area contributed by atoms with Gasteiger partial charge in [-0.1, -0.05) is 62.3 Å². The second-order valence-electron chi connectivity index (χ2n) is 16.3. The molecule has 3 amide bonds. The van der Waals surface area contributed by atoms with Gasteiger partial charge in [-0.05, 0) is 79.5 Å². The lowest BCUT2D eigenvalue weighted by Gasteiger charge is -2.36. The number of imide groups is 1.